The monoisotopic (exact) mass is 418 g/mol. The lowest BCUT2D eigenvalue weighted by atomic mass is 10.1. The largest absolute Gasteiger partial charge is 0.462 e. The van der Waals surface area contributed by atoms with Gasteiger partial charge in [0.15, 0.2) is 0 Å². The Balaban J connectivity index is 2.28. The summed E-state index contributed by atoms with van der Waals surface area (Å²) in [6.45, 7) is 5.30. The van der Waals surface area contributed by atoms with E-state index in [0.717, 1.165) is 0 Å². The highest BCUT2D eigenvalue weighted by Gasteiger charge is 2.16. The van der Waals surface area contributed by atoms with Crippen LogP contribution in [0.4, 0.5) is 0 Å². The van der Waals surface area contributed by atoms with Gasteiger partial charge in [0.2, 0.25) is 0 Å². The maximum absolute atomic E-state index is 12.4. The van der Waals surface area contributed by atoms with Gasteiger partial charge in [-0.25, -0.2) is 4.79 Å². The molecule has 0 aliphatic rings. The molecule has 0 aromatic heterocycles. The minimum atomic E-state index is -4.25. The number of ether oxygens (including phenoxy) is 2. The SMILES string of the molecule is CC(=O)Oc1ccc(/C=C/c2ccc(S(=O)(=O)O)cc2)cc1C(=O)OCC(C)C. The predicted molar refractivity (Wildman–Crippen MR) is 108 cm³/mol. The average Bonchev–Trinajstić information content (AvgIpc) is 2.64. The van der Waals surface area contributed by atoms with Crippen LogP contribution in [0.2, 0.25) is 0 Å². The van der Waals surface area contributed by atoms with Crippen LogP contribution in [0.1, 0.15) is 42.3 Å². The Labute approximate surface area is 169 Å². The van der Waals surface area contributed by atoms with Gasteiger partial charge in [-0.2, -0.15) is 8.42 Å². The van der Waals surface area contributed by atoms with Gasteiger partial charge in [-0.3, -0.25) is 9.35 Å². The van der Waals surface area contributed by atoms with Crippen molar-refractivity contribution in [3.8, 4) is 5.75 Å². The van der Waals surface area contributed by atoms with Gasteiger partial charge in [-0.1, -0.05) is 44.2 Å². The smallest absolute Gasteiger partial charge is 0.341 e. The van der Waals surface area contributed by atoms with Crippen molar-refractivity contribution < 1.29 is 32.0 Å². The first-order valence-corrected chi connectivity index (χ1v) is 10.3. The number of esters is 2. The summed E-state index contributed by atoms with van der Waals surface area (Å²) in [6, 6.07) is 10.4. The van der Waals surface area contributed by atoms with Crippen LogP contribution < -0.4 is 4.74 Å². The molecule has 7 nitrogen and oxygen atoms in total. The second-order valence-corrected chi connectivity index (χ2v) is 8.14. The van der Waals surface area contributed by atoms with Crippen LogP contribution in [0, 0.1) is 5.92 Å². The fraction of sp³-hybridized carbons (Fsp3) is 0.238. The van der Waals surface area contributed by atoms with Gasteiger partial charge >= 0.3 is 11.9 Å². The molecule has 154 valence electrons. The number of benzene rings is 2. The standard InChI is InChI=1S/C21H22O7S/c1-14(2)13-27-21(23)19-12-17(8-11-20(19)28-15(3)22)5-4-16-6-9-18(10-7-16)29(24,25)26/h4-12,14H,13H2,1-3H3,(H,24,25,26)/b5-4+. The van der Waals surface area contributed by atoms with Crippen molar-refractivity contribution in [3.63, 3.8) is 0 Å². The van der Waals surface area contributed by atoms with Gasteiger partial charge in [-0.15, -0.1) is 0 Å². The maximum atomic E-state index is 12.4. The van der Waals surface area contributed by atoms with Crippen molar-refractivity contribution in [3.05, 3.63) is 59.2 Å². The third-order valence-electron chi connectivity index (χ3n) is 3.67. The molecule has 0 saturated heterocycles. The lowest BCUT2D eigenvalue weighted by Crippen LogP contribution is -2.13. The van der Waals surface area contributed by atoms with Crippen LogP contribution in [-0.4, -0.2) is 31.5 Å². The molecule has 0 spiro atoms. The Kier molecular flexibility index (Phi) is 7.30. The summed E-state index contributed by atoms with van der Waals surface area (Å²) in [6.07, 6.45) is 3.41. The zero-order valence-electron chi connectivity index (χ0n) is 16.3. The molecule has 2 aromatic rings. The minimum Gasteiger partial charge on any atom is -0.462 e. The quantitative estimate of drug-likeness (QED) is 0.315. The van der Waals surface area contributed by atoms with Crippen LogP contribution in [0.25, 0.3) is 12.2 Å². The summed E-state index contributed by atoms with van der Waals surface area (Å²) in [4.78, 5) is 23.5. The van der Waals surface area contributed by atoms with E-state index in [0.29, 0.717) is 11.1 Å². The zero-order chi connectivity index (χ0) is 21.6. The highest BCUT2D eigenvalue weighted by atomic mass is 32.2. The lowest BCUT2D eigenvalue weighted by Gasteiger charge is -2.11. The molecule has 29 heavy (non-hydrogen) atoms. The van der Waals surface area contributed by atoms with Crippen molar-refractivity contribution in [1.29, 1.82) is 0 Å². The van der Waals surface area contributed by atoms with Crippen LogP contribution in [0.3, 0.4) is 0 Å². The fourth-order valence-corrected chi connectivity index (χ4v) is 2.80. The molecular formula is C21H22O7S. The molecule has 0 heterocycles. The topological polar surface area (TPSA) is 107 Å². The van der Waals surface area contributed by atoms with Crippen molar-refractivity contribution >= 4 is 34.2 Å². The summed E-state index contributed by atoms with van der Waals surface area (Å²) in [5, 5.41) is 0. The Morgan fingerprint density at radius 3 is 2.17 bits per heavy atom. The second kappa shape index (κ2) is 9.49. The molecular weight excluding hydrogens is 396 g/mol. The molecule has 0 radical (unpaired) electrons. The average molecular weight is 418 g/mol. The van der Waals surface area contributed by atoms with E-state index in [4.69, 9.17) is 14.0 Å². The van der Waals surface area contributed by atoms with Crippen LogP contribution in [-0.2, 0) is 19.6 Å². The molecule has 2 aromatic carbocycles. The van der Waals surface area contributed by atoms with Gasteiger partial charge in [0.05, 0.1) is 11.5 Å². The maximum Gasteiger partial charge on any atom is 0.341 e. The van der Waals surface area contributed by atoms with Gasteiger partial charge in [-0.05, 0) is 41.3 Å². The molecule has 0 unspecified atom stereocenters. The number of carbonyl (C=O) groups is 2. The predicted octanol–water partition coefficient (Wildman–Crippen LogP) is 3.84. The molecule has 0 fully saturated rings. The number of carbonyl (C=O) groups excluding carboxylic acids is 2. The molecule has 8 heteroatoms. The number of hydrogen-bond donors (Lipinski definition) is 1. The molecule has 0 aliphatic heterocycles. The Hall–Kier alpha value is -2.97. The third-order valence-corrected chi connectivity index (χ3v) is 4.54. The van der Waals surface area contributed by atoms with E-state index >= 15 is 0 Å². The number of hydrogen-bond acceptors (Lipinski definition) is 6. The highest BCUT2D eigenvalue weighted by molar-refractivity contribution is 7.85. The van der Waals surface area contributed by atoms with E-state index in [2.05, 4.69) is 0 Å². The van der Waals surface area contributed by atoms with Crippen molar-refractivity contribution in [2.24, 2.45) is 5.92 Å². The van der Waals surface area contributed by atoms with E-state index in [-0.39, 0.29) is 28.7 Å². The van der Waals surface area contributed by atoms with E-state index in [1.807, 2.05) is 13.8 Å². The molecule has 0 saturated carbocycles. The second-order valence-electron chi connectivity index (χ2n) is 6.72. The van der Waals surface area contributed by atoms with Crippen molar-refractivity contribution in [2.45, 2.75) is 25.7 Å². The Morgan fingerprint density at radius 2 is 1.62 bits per heavy atom. The van der Waals surface area contributed by atoms with Crippen LogP contribution in [0.15, 0.2) is 47.4 Å². The zero-order valence-corrected chi connectivity index (χ0v) is 17.1. The normalized spacial score (nSPS) is 11.6. The summed E-state index contributed by atoms with van der Waals surface area (Å²) < 4.78 is 41.5. The first-order chi connectivity index (χ1) is 13.6. The fourth-order valence-electron chi connectivity index (χ4n) is 2.32. The molecule has 0 atom stereocenters. The van der Waals surface area contributed by atoms with Crippen LogP contribution >= 0.6 is 0 Å². The number of rotatable bonds is 7. The molecule has 0 aliphatic carbocycles. The molecule has 0 bridgehead atoms. The van der Waals surface area contributed by atoms with E-state index in [1.165, 1.54) is 37.3 Å². The summed E-state index contributed by atoms with van der Waals surface area (Å²) >= 11 is 0. The summed E-state index contributed by atoms with van der Waals surface area (Å²) in [5.41, 5.74) is 1.46. The summed E-state index contributed by atoms with van der Waals surface area (Å²) in [7, 11) is -4.25. The van der Waals surface area contributed by atoms with E-state index < -0.39 is 22.1 Å². The minimum absolute atomic E-state index is 0.112. The van der Waals surface area contributed by atoms with Gasteiger partial charge in [0, 0.05) is 6.92 Å². The van der Waals surface area contributed by atoms with Crippen molar-refractivity contribution in [1.82, 2.24) is 0 Å². The molecule has 1 N–H and O–H groups in total. The van der Waals surface area contributed by atoms with E-state index in [1.54, 1.807) is 24.3 Å². The lowest BCUT2D eigenvalue weighted by molar-refractivity contribution is -0.131. The molecule has 2 rings (SSSR count). The van der Waals surface area contributed by atoms with E-state index in [9.17, 15) is 18.0 Å². The third kappa shape index (κ3) is 6.85. The molecule has 0 amide bonds. The highest BCUT2D eigenvalue weighted by Crippen LogP contribution is 2.23. The van der Waals surface area contributed by atoms with Crippen LogP contribution in [0.5, 0.6) is 5.75 Å². The first kappa shape index (κ1) is 22.3. The Bertz CT molecular complexity index is 1020. The summed E-state index contributed by atoms with van der Waals surface area (Å²) in [5.74, 6) is -0.876. The van der Waals surface area contributed by atoms with Gasteiger partial charge < -0.3 is 9.47 Å². The first-order valence-electron chi connectivity index (χ1n) is 8.81. The van der Waals surface area contributed by atoms with Gasteiger partial charge in [0.25, 0.3) is 10.1 Å². The van der Waals surface area contributed by atoms with Gasteiger partial charge in [0.1, 0.15) is 11.3 Å². The Morgan fingerprint density at radius 1 is 1.03 bits per heavy atom. The van der Waals surface area contributed by atoms with Crippen molar-refractivity contribution in [2.75, 3.05) is 6.61 Å².